The van der Waals surface area contributed by atoms with Gasteiger partial charge in [-0.25, -0.2) is 4.39 Å². The molecule has 2 aromatic rings. The van der Waals surface area contributed by atoms with Crippen molar-refractivity contribution in [1.29, 1.82) is 0 Å². The van der Waals surface area contributed by atoms with Crippen molar-refractivity contribution in [3.8, 4) is 0 Å². The molecule has 1 unspecified atom stereocenters. The molecule has 2 N–H and O–H groups in total. The molecule has 1 atom stereocenters. The number of rotatable bonds is 2. The Morgan fingerprint density at radius 3 is 2.31 bits per heavy atom. The third-order valence-electron chi connectivity index (χ3n) is 2.64. The molecule has 2 rings (SSSR count). The van der Waals surface area contributed by atoms with E-state index in [-0.39, 0.29) is 11.9 Å². The number of hydrogen-bond acceptors (Lipinski definition) is 1. The molecular weight excluding hydrogens is 201 g/mol. The Hall–Kier alpha value is -1.67. The van der Waals surface area contributed by atoms with Crippen LogP contribution in [-0.4, -0.2) is 0 Å². The zero-order chi connectivity index (χ0) is 11.5. The van der Waals surface area contributed by atoms with Gasteiger partial charge in [0.1, 0.15) is 5.82 Å². The van der Waals surface area contributed by atoms with Crippen LogP contribution in [0.25, 0.3) is 0 Å². The predicted octanol–water partition coefficient (Wildman–Crippen LogP) is 3.18. The van der Waals surface area contributed by atoms with Gasteiger partial charge in [0.05, 0.1) is 6.04 Å². The third-order valence-corrected chi connectivity index (χ3v) is 2.64. The summed E-state index contributed by atoms with van der Waals surface area (Å²) >= 11 is 0. The Morgan fingerprint density at radius 1 is 1.00 bits per heavy atom. The van der Waals surface area contributed by atoms with Crippen LogP contribution in [0.5, 0.6) is 0 Å². The SMILES string of the molecule is Cc1ccc(C(N)c2cccc(F)c2)cc1. The van der Waals surface area contributed by atoms with E-state index in [1.165, 1.54) is 17.7 Å². The van der Waals surface area contributed by atoms with Crippen molar-refractivity contribution < 1.29 is 4.39 Å². The predicted molar refractivity (Wildman–Crippen MR) is 63.6 cm³/mol. The first-order valence-corrected chi connectivity index (χ1v) is 5.24. The van der Waals surface area contributed by atoms with Gasteiger partial charge in [0.2, 0.25) is 0 Å². The molecule has 0 aliphatic carbocycles. The molecule has 0 amide bonds. The molecule has 1 nitrogen and oxygen atoms in total. The fourth-order valence-electron chi connectivity index (χ4n) is 1.67. The lowest BCUT2D eigenvalue weighted by Gasteiger charge is -2.12. The van der Waals surface area contributed by atoms with Gasteiger partial charge in [-0.1, -0.05) is 42.0 Å². The maximum absolute atomic E-state index is 13.1. The van der Waals surface area contributed by atoms with Gasteiger partial charge >= 0.3 is 0 Å². The normalized spacial score (nSPS) is 12.4. The molecule has 0 heterocycles. The zero-order valence-corrected chi connectivity index (χ0v) is 9.15. The smallest absolute Gasteiger partial charge is 0.123 e. The molecule has 0 spiro atoms. The van der Waals surface area contributed by atoms with E-state index in [9.17, 15) is 4.39 Å². The van der Waals surface area contributed by atoms with Crippen molar-refractivity contribution >= 4 is 0 Å². The van der Waals surface area contributed by atoms with E-state index in [2.05, 4.69) is 0 Å². The second-order valence-electron chi connectivity index (χ2n) is 3.94. The monoisotopic (exact) mass is 215 g/mol. The van der Waals surface area contributed by atoms with Crippen LogP contribution in [0.4, 0.5) is 4.39 Å². The van der Waals surface area contributed by atoms with Crippen molar-refractivity contribution in [3.05, 3.63) is 71.0 Å². The van der Waals surface area contributed by atoms with Crippen LogP contribution in [0, 0.1) is 12.7 Å². The van der Waals surface area contributed by atoms with Crippen LogP contribution < -0.4 is 5.73 Å². The molecule has 0 bridgehead atoms. The summed E-state index contributed by atoms with van der Waals surface area (Å²) in [5, 5.41) is 0. The highest BCUT2D eigenvalue weighted by atomic mass is 19.1. The summed E-state index contributed by atoms with van der Waals surface area (Å²) in [7, 11) is 0. The van der Waals surface area contributed by atoms with Gasteiger partial charge < -0.3 is 5.73 Å². The average molecular weight is 215 g/mol. The maximum Gasteiger partial charge on any atom is 0.123 e. The van der Waals surface area contributed by atoms with Crippen molar-refractivity contribution in [2.24, 2.45) is 5.73 Å². The molecule has 0 radical (unpaired) electrons. The molecule has 2 heteroatoms. The molecule has 0 aliphatic heterocycles. The highest BCUT2D eigenvalue weighted by Gasteiger charge is 2.08. The van der Waals surface area contributed by atoms with Crippen molar-refractivity contribution in [2.45, 2.75) is 13.0 Å². The molecule has 16 heavy (non-hydrogen) atoms. The molecule has 82 valence electrons. The fourth-order valence-corrected chi connectivity index (χ4v) is 1.67. The average Bonchev–Trinajstić information content (AvgIpc) is 2.29. The van der Waals surface area contributed by atoms with Crippen LogP contribution in [0.3, 0.4) is 0 Å². The Kier molecular flexibility index (Phi) is 3.02. The van der Waals surface area contributed by atoms with E-state index in [0.717, 1.165) is 11.1 Å². The number of aryl methyl sites for hydroxylation is 1. The third kappa shape index (κ3) is 2.28. The number of benzene rings is 2. The maximum atomic E-state index is 13.1. The summed E-state index contributed by atoms with van der Waals surface area (Å²) in [5.41, 5.74) is 9.05. The van der Waals surface area contributed by atoms with E-state index < -0.39 is 0 Å². The fraction of sp³-hybridized carbons (Fsp3) is 0.143. The summed E-state index contributed by atoms with van der Waals surface area (Å²) < 4.78 is 13.1. The largest absolute Gasteiger partial charge is 0.320 e. The van der Waals surface area contributed by atoms with Gasteiger partial charge in [0.25, 0.3) is 0 Å². The minimum atomic E-state index is -0.267. The van der Waals surface area contributed by atoms with E-state index in [4.69, 9.17) is 5.73 Å². The van der Waals surface area contributed by atoms with E-state index in [0.29, 0.717) is 0 Å². The van der Waals surface area contributed by atoms with Gasteiger partial charge in [0.15, 0.2) is 0 Å². The zero-order valence-electron chi connectivity index (χ0n) is 9.15. The highest BCUT2D eigenvalue weighted by molar-refractivity contribution is 5.32. The topological polar surface area (TPSA) is 26.0 Å². The Labute approximate surface area is 94.7 Å². The Bertz CT molecular complexity index is 476. The van der Waals surface area contributed by atoms with Crippen molar-refractivity contribution in [3.63, 3.8) is 0 Å². The lowest BCUT2D eigenvalue weighted by atomic mass is 9.99. The summed E-state index contributed by atoms with van der Waals surface area (Å²) in [4.78, 5) is 0. The second-order valence-corrected chi connectivity index (χ2v) is 3.94. The van der Waals surface area contributed by atoms with Crippen molar-refractivity contribution in [1.82, 2.24) is 0 Å². The standard InChI is InChI=1S/C14H14FN/c1-10-5-7-11(8-6-10)14(16)12-3-2-4-13(15)9-12/h2-9,14H,16H2,1H3. The Morgan fingerprint density at radius 2 is 1.69 bits per heavy atom. The number of nitrogens with two attached hydrogens (primary N) is 1. The van der Waals surface area contributed by atoms with E-state index in [1.807, 2.05) is 37.3 Å². The summed E-state index contributed by atoms with van der Waals surface area (Å²) in [5.74, 6) is -0.250. The minimum Gasteiger partial charge on any atom is -0.320 e. The summed E-state index contributed by atoms with van der Waals surface area (Å²) in [6, 6.07) is 14.1. The molecule has 0 fully saturated rings. The second kappa shape index (κ2) is 4.45. The molecule has 0 aliphatic rings. The van der Waals surface area contributed by atoms with Gasteiger partial charge in [-0.2, -0.15) is 0 Å². The molecular formula is C14H14FN. The van der Waals surface area contributed by atoms with Crippen LogP contribution in [0.2, 0.25) is 0 Å². The van der Waals surface area contributed by atoms with Crippen LogP contribution in [0.1, 0.15) is 22.7 Å². The number of halogens is 1. The van der Waals surface area contributed by atoms with Crippen molar-refractivity contribution in [2.75, 3.05) is 0 Å². The lowest BCUT2D eigenvalue weighted by Crippen LogP contribution is -2.11. The van der Waals surface area contributed by atoms with Gasteiger partial charge in [-0.3, -0.25) is 0 Å². The van der Waals surface area contributed by atoms with Gasteiger partial charge in [-0.05, 0) is 30.2 Å². The summed E-state index contributed by atoms with van der Waals surface area (Å²) in [6.45, 7) is 2.03. The first kappa shape index (κ1) is 10.8. The molecule has 0 saturated carbocycles. The molecule has 2 aromatic carbocycles. The molecule has 0 aromatic heterocycles. The quantitative estimate of drug-likeness (QED) is 0.818. The van der Waals surface area contributed by atoms with E-state index >= 15 is 0 Å². The number of hydrogen-bond donors (Lipinski definition) is 1. The first-order chi connectivity index (χ1) is 7.66. The summed E-state index contributed by atoms with van der Waals surface area (Å²) in [6.07, 6.45) is 0. The van der Waals surface area contributed by atoms with E-state index in [1.54, 1.807) is 6.07 Å². The van der Waals surface area contributed by atoms with Gasteiger partial charge in [-0.15, -0.1) is 0 Å². The lowest BCUT2D eigenvalue weighted by molar-refractivity contribution is 0.623. The Balaban J connectivity index is 2.31. The molecule has 0 saturated heterocycles. The van der Waals surface area contributed by atoms with Crippen LogP contribution in [-0.2, 0) is 0 Å². The van der Waals surface area contributed by atoms with Crippen LogP contribution >= 0.6 is 0 Å². The van der Waals surface area contributed by atoms with Gasteiger partial charge in [0, 0.05) is 0 Å². The first-order valence-electron chi connectivity index (χ1n) is 5.24. The minimum absolute atomic E-state index is 0.250. The van der Waals surface area contributed by atoms with Crippen LogP contribution in [0.15, 0.2) is 48.5 Å². The highest BCUT2D eigenvalue weighted by Crippen LogP contribution is 2.20.